The van der Waals surface area contributed by atoms with Crippen LogP contribution in [0.25, 0.3) is 0 Å². The number of hydrogen-bond acceptors (Lipinski definition) is 1. The van der Waals surface area contributed by atoms with Crippen molar-refractivity contribution in [3.8, 4) is 0 Å². The Morgan fingerprint density at radius 1 is 1.15 bits per heavy atom. The number of nitrogens with two attached hydrogens (primary N) is 1. The zero-order valence-corrected chi connectivity index (χ0v) is 8.85. The van der Waals surface area contributed by atoms with E-state index in [-0.39, 0.29) is 0 Å². The fraction of sp³-hybridized carbons (Fsp3) is 0.500. The summed E-state index contributed by atoms with van der Waals surface area (Å²) in [6, 6.07) is 4.31. The van der Waals surface area contributed by atoms with Crippen LogP contribution in [0.15, 0.2) is 12.1 Å². The van der Waals surface area contributed by atoms with Gasteiger partial charge in [0.1, 0.15) is 0 Å². The van der Waals surface area contributed by atoms with Crippen LogP contribution >= 0.6 is 0 Å². The van der Waals surface area contributed by atoms with Crippen molar-refractivity contribution in [2.24, 2.45) is 0 Å². The van der Waals surface area contributed by atoms with Crippen molar-refractivity contribution in [2.45, 2.75) is 40.0 Å². The maximum atomic E-state index is 5.82. The van der Waals surface area contributed by atoms with Crippen molar-refractivity contribution < 1.29 is 0 Å². The Hall–Kier alpha value is -0.980. The molecule has 0 aliphatic carbocycles. The molecule has 1 rings (SSSR count). The van der Waals surface area contributed by atoms with Gasteiger partial charge in [0.15, 0.2) is 0 Å². The minimum atomic E-state index is 0.915. The molecule has 0 heterocycles. The first-order chi connectivity index (χ1) is 6.15. The average Bonchev–Trinajstić information content (AvgIpc) is 2.09. The van der Waals surface area contributed by atoms with Crippen molar-refractivity contribution in [3.63, 3.8) is 0 Å². The molecule has 0 fully saturated rings. The topological polar surface area (TPSA) is 26.0 Å². The smallest absolute Gasteiger partial charge is 0.0346 e. The molecule has 0 spiro atoms. The van der Waals surface area contributed by atoms with Crippen molar-refractivity contribution >= 4 is 5.69 Å². The van der Waals surface area contributed by atoms with Crippen LogP contribution in [0.1, 0.15) is 36.5 Å². The molecule has 0 radical (unpaired) electrons. The van der Waals surface area contributed by atoms with Crippen LogP contribution in [0.5, 0.6) is 0 Å². The van der Waals surface area contributed by atoms with Crippen LogP contribution in [0.2, 0.25) is 0 Å². The number of unbranched alkanes of at least 4 members (excludes halogenated alkanes) is 1. The molecule has 1 heteroatoms. The van der Waals surface area contributed by atoms with Crippen molar-refractivity contribution in [2.75, 3.05) is 5.73 Å². The molecule has 0 aliphatic heterocycles. The lowest BCUT2D eigenvalue weighted by Crippen LogP contribution is -1.96. The molecular formula is C12H19N. The van der Waals surface area contributed by atoms with Gasteiger partial charge in [-0.2, -0.15) is 0 Å². The molecule has 0 amide bonds. The molecule has 0 saturated carbocycles. The fourth-order valence-electron chi connectivity index (χ4n) is 1.53. The van der Waals surface area contributed by atoms with E-state index in [0.717, 1.165) is 5.69 Å². The van der Waals surface area contributed by atoms with Crippen molar-refractivity contribution in [3.05, 3.63) is 28.8 Å². The standard InChI is InChI=1S/C12H19N/c1-4-5-6-11-7-10(3)12(13)8-9(11)2/h7-8H,4-6,13H2,1-3H3. The number of benzene rings is 1. The molecule has 13 heavy (non-hydrogen) atoms. The van der Waals surface area contributed by atoms with Gasteiger partial charge in [-0.25, -0.2) is 0 Å². The maximum absolute atomic E-state index is 5.82. The second-order valence-electron chi connectivity index (χ2n) is 3.74. The number of anilines is 1. The summed E-state index contributed by atoms with van der Waals surface area (Å²) < 4.78 is 0. The molecule has 1 aromatic carbocycles. The second-order valence-corrected chi connectivity index (χ2v) is 3.74. The summed E-state index contributed by atoms with van der Waals surface area (Å²) in [4.78, 5) is 0. The molecule has 2 N–H and O–H groups in total. The maximum Gasteiger partial charge on any atom is 0.0346 e. The lowest BCUT2D eigenvalue weighted by molar-refractivity contribution is 0.791. The van der Waals surface area contributed by atoms with Crippen LogP contribution in [0.4, 0.5) is 5.69 Å². The summed E-state index contributed by atoms with van der Waals surface area (Å²) in [6.07, 6.45) is 3.70. The highest BCUT2D eigenvalue weighted by molar-refractivity contribution is 5.51. The number of hydrogen-bond donors (Lipinski definition) is 1. The van der Waals surface area contributed by atoms with E-state index < -0.39 is 0 Å². The largest absolute Gasteiger partial charge is 0.399 e. The number of rotatable bonds is 3. The Balaban J connectivity index is 2.88. The summed E-state index contributed by atoms with van der Waals surface area (Å²) in [5.41, 5.74) is 10.7. The third-order valence-electron chi connectivity index (χ3n) is 2.52. The third kappa shape index (κ3) is 2.48. The monoisotopic (exact) mass is 177 g/mol. The summed E-state index contributed by atoms with van der Waals surface area (Å²) in [5.74, 6) is 0. The summed E-state index contributed by atoms with van der Waals surface area (Å²) in [7, 11) is 0. The normalized spacial score (nSPS) is 10.4. The van der Waals surface area contributed by atoms with Gasteiger partial charge in [-0.05, 0) is 49.4 Å². The molecule has 0 aromatic heterocycles. The molecule has 1 nitrogen and oxygen atoms in total. The van der Waals surface area contributed by atoms with Crippen LogP contribution in [0, 0.1) is 13.8 Å². The van der Waals surface area contributed by atoms with E-state index in [4.69, 9.17) is 5.73 Å². The number of aryl methyl sites for hydroxylation is 3. The first kappa shape index (κ1) is 10.1. The summed E-state index contributed by atoms with van der Waals surface area (Å²) in [6.45, 7) is 6.44. The first-order valence-corrected chi connectivity index (χ1v) is 5.00. The zero-order valence-electron chi connectivity index (χ0n) is 8.85. The molecule has 0 atom stereocenters. The first-order valence-electron chi connectivity index (χ1n) is 5.00. The highest BCUT2D eigenvalue weighted by Crippen LogP contribution is 2.19. The van der Waals surface area contributed by atoms with Crippen molar-refractivity contribution in [1.82, 2.24) is 0 Å². The summed E-state index contributed by atoms with van der Waals surface area (Å²) >= 11 is 0. The van der Waals surface area contributed by atoms with Gasteiger partial charge in [0.05, 0.1) is 0 Å². The van der Waals surface area contributed by atoms with E-state index in [9.17, 15) is 0 Å². The van der Waals surface area contributed by atoms with Gasteiger partial charge in [0.2, 0.25) is 0 Å². The Kier molecular flexibility index (Phi) is 3.35. The van der Waals surface area contributed by atoms with Gasteiger partial charge in [0.25, 0.3) is 0 Å². The van der Waals surface area contributed by atoms with Gasteiger partial charge in [-0.15, -0.1) is 0 Å². The van der Waals surface area contributed by atoms with E-state index in [2.05, 4.69) is 32.9 Å². The molecule has 0 saturated heterocycles. The van der Waals surface area contributed by atoms with Crippen LogP contribution in [-0.4, -0.2) is 0 Å². The molecule has 1 aromatic rings. The Morgan fingerprint density at radius 3 is 2.46 bits per heavy atom. The Labute approximate surface area is 81.0 Å². The Morgan fingerprint density at radius 2 is 1.85 bits per heavy atom. The highest BCUT2D eigenvalue weighted by atomic mass is 14.6. The lowest BCUT2D eigenvalue weighted by Gasteiger charge is -2.08. The molecule has 0 aliphatic rings. The van der Waals surface area contributed by atoms with Gasteiger partial charge < -0.3 is 5.73 Å². The van der Waals surface area contributed by atoms with E-state index in [1.54, 1.807) is 0 Å². The summed E-state index contributed by atoms with van der Waals surface area (Å²) in [5, 5.41) is 0. The minimum Gasteiger partial charge on any atom is -0.399 e. The van der Waals surface area contributed by atoms with E-state index in [1.165, 1.54) is 36.0 Å². The predicted molar refractivity (Wildman–Crippen MR) is 58.9 cm³/mol. The van der Waals surface area contributed by atoms with E-state index >= 15 is 0 Å². The molecule has 0 bridgehead atoms. The molecular weight excluding hydrogens is 158 g/mol. The molecule has 0 unspecified atom stereocenters. The Bertz CT molecular complexity index is 289. The quantitative estimate of drug-likeness (QED) is 0.705. The highest BCUT2D eigenvalue weighted by Gasteiger charge is 2.01. The average molecular weight is 177 g/mol. The van der Waals surface area contributed by atoms with Gasteiger partial charge in [-0.1, -0.05) is 19.4 Å². The molecule has 72 valence electrons. The van der Waals surface area contributed by atoms with Crippen LogP contribution in [0.3, 0.4) is 0 Å². The SMILES string of the molecule is CCCCc1cc(C)c(N)cc1C. The second kappa shape index (κ2) is 4.31. The lowest BCUT2D eigenvalue weighted by atomic mass is 9.99. The van der Waals surface area contributed by atoms with Gasteiger partial charge in [0, 0.05) is 5.69 Å². The van der Waals surface area contributed by atoms with Gasteiger partial charge >= 0.3 is 0 Å². The van der Waals surface area contributed by atoms with Crippen molar-refractivity contribution in [1.29, 1.82) is 0 Å². The van der Waals surface area contributed by atoms with Crippen LogP contribution in [-0.2, 0) is 6.42 Å². The van der Waals surface area contributed by atoms with E-state index in [1.807, 2.05) is 0 Å². The predicted octanol–water partition coefficient (Wildman–Crippen LogP) is 3.23. The number of nitrogen functional groups attached to an aromatic ring is 1. The fourth-order valence-corrected chi connectivity index (χ4v) is 1.53. The van der Waals surface area contributed by atoms with E-state index in [0.29, 0.717) is 0 Å². The minimum absolute atomic E-state index is 0.915. The van der Waals surface area contributed by atoms with Gasteiger partial charge in [-0.3, -0.25) is 0 Å². The van der Waals surface area contributed by atoms with Crippen LogP contribution < -0.4 is 5.73 Å². The third-order valence-corrected chi connectivity index (χ3v) is 2.52. The zero-order chi connectivity index (χ0) is 9.84.